The van der Waals surface area contributed by atoms with Gasteiger partial charge in [-0.25, -0.2) is 0 Å². The Labute approximate surface area is 182 Å². The number of Topliss-reactive ketones (excluding diaryl/α,β-unsaturated/α-hetero) is 1. The molecule has 1 amide bonds. The van der Waals surface area contributed by atoms with E-state index in [1.807, 2.05) is 4.90 Å². The van der Waals surface area contributed by atoms with Gasteiger partial charge in [0, 0.05) is 24.2 Å². The van der Waals surface area contributed by atoms with Gasteiger partial charge in [-0.2, -0.15) is 0 Å². The van der Waals surface area contributed by atoms with Crippen LogP contribution in [-0.2, 0) is 6.61 Å². The van der Waals surface area contributed by atoms with Crippen LogP contribution in [0.1, 0.15) is 73.6 Å². The molecule has 1 aromatic carbocycles. The molecule has 0 unspecified atom stereocenters. The summed E-state index contributed by atoms with van der Waals surface area (Å²) in [5.74, 6) is 1.27. The minimum Gasteiger partial charge on any atom is -0.493 e. The lowest BCUT2D eigenvalue weighted by molar-refractivity contribution is 0.0697. The van der Waals surface area contributed by atoms with E-state index in [4.69, 9.17) is 14.0 Å². The van der Waals surface area contributed by atoms with Gasteiger partial charge in [-0.05, 0) is 55.2 Å². The number of hydrogen-bond donors (Lipinski definition) is 0. The molecule has 166 valence electrons. The number of methoxy groups -OCH3 is 1. The Bertz CT molecular complexity index is 1010. The molecule has 2 heterocycles. The number of benzene rings is 1. The minimum absolute atomic E-state index is 0.0492. The fraction of sp³-hybridized carbons (Fsp3) is 0.542. The zero-order valence-corrected chi connectivity index (χ0v) is 18.9. The maximum Gasteiger partial charge on any atom is 0.276 e. The molecular weight excluding hydrogens is 396 g/mol. The van der Waals surface area contributed by atoms with Crippen LogP contribution in [0.4, 0.5) is 0 Å². The highest BCUT2D eigenvalue weighted by Gasteiger charge is 2.51. The van der Waals surface area contributed by atoms with Crippen molar-refractivity contribution in [2.75, 3.05) is 13.7 Å². The van der Waals surface area contributed by atoms with Crippen LogP contribution in [0.2, 0.25) is 0 Å². The van der Waals surface area contributed by atoms with Crippen LogP contribution in [0.25, 0.3) is 0 Å². The standard InChI is InChI=1S/C24H30N2O5/c1-15(27)16-6-7-20(21(8-16)29-5)30-12-18-9-19(25-31-18)22(28)26-14-24(4)11-17(26)10-23(2,3)13-24/h6-9,17H,10-14H2,1-5H3/t17-,24-/m1/s1. The molecule has 2 atom stereocenters. The van der Waals surface area contributed by atoms with Crippen molar-refractivity contribution in [1.29, 1.82) is 0 Å². The molecule has 0 radical (unpaired) electrons. The number of likely N-dealkylation sites (tertiary alicyclic amines) is 1. The number of ketones is 1. The largest absolute Gasteiger partial charge is 0.493 e. The van der Waals surface area contributed by atoms with Crippen molar-refractivity contribution in [3.63, 3.8) is 0 Å². The van der Waals surface area contributed by atoms with Crippen LogP contribution >= 0.6 is 0 Å². The maximum atomic E-state index is 13.1. The van der Waals surface area contributed by atoms with Crippen LogP contribution < -0.4 is 9.47 Å². The van der Waals surface area contributed by atoms with Gasteiger partial charge in [-0.15, -0.1) is 0 Å². The normalized spacial score (nSPS) is 24.2. The van der Waals surface area contributed by atoms with Crippen LogP contribution in [0, 0.1) is 10.8 Å². The molecular formula is C24H30N2O5. The highest BCUT2D eigenvalue weighted by Crippen LogP contribution is 2.52. The van der Waals surface area contributed by atoms with Crippen molar-refractivity contribution < 1.29 is 23.6 Å². The zero-order valence-electron chi connectivity index (χ0n) is 18.9. The van der Waals surface area contributed by atoms with Crippen LogP contribution in [0.5, 0.6) is 11.5 Å². The lowest BCUT2D eigenvalue weighted by Crippen LogP contribution is -2.37. The number of rotatable bonds is 6. The number of aromatic nitrogens is 1. The Balaban J connectivity index is 1.43. The highest BCUT2D eigenvalue weighted by atomic mass is 16.5. The van der Waals surface area contributed by atoms with Gasteiger partial charge in [0.05, 0.1) is 7.11 Å². The fourth-order valence-electron chi connectivity index (χ4n) is 5.48. The van der Waals surface area contributed by atoms with Gasteiger partial charge in [0.2, 0.25) is 0 Å². The van der Waals surface area contributed by atoms with Crippen molar-refractivity contribution in [3.8, 4) is 11.5 Å². The third-order valence-corrected chi connectivity index (χ3v) is 6.39. The van der Waals surface area contributed by atoms with Crippen LogP contribution in [0.3, 0.4) is 0 Å². The zero-order chi connectivity index (χ0) is 22.4. The molecule has 2 aromatic rings. The van der Waals surface area contributed by atoms with Crippen molar-refractivity contribution >= 4 is 11.7 Å². The molecule has 0 N–H and O–H groups in total. The van der Waals surface area contributed by atoms with E-state index in [1.54, 1.807) is 24.3 Å². The Morgan fingerprint density at radius 3 is 2.68 bits per heavy atom. The highest BCUT2D eigenvalue weighted by molar-refractivity contribution is 5.94. The lowest BCUT2D eigenvalue weighted by atomic mass is 9.65. The molecule has 1 aliphatic heterocycles. The molecule has 7 heteroatoms. The summed E-state index contributed by atoms with van der Waals surface area (Å²) in [5.41, 5.74) is 1.27. The molecule has 1 aromatic heterocycles. The number of fused-ring (bicyclic) bond motifs is 2. The van der Waals surface area contributed by atoms with Gasteiger partial charge >= 0.3 is 0 Å². The first-order chi connectivity index (χ1) is 14.6. The summed E-state index contributed by atoms with van der Waals surface area (Å²) in [4.78, 5) is 26.7. The van der Waals surface area contributed by atoms with Gasteiger partial charge in [0.15, 0.2) is 28.7 Å². The predicted molar refractivity (Wildman–Crippen MR) is 114 cm³/mol. The number of nitrogens with zero attached hydrogens (tertiary/aromatic N) is 2. The summed E-state index contributed by atoms with van der Waals surface area (Å²) in [6.07, 6.45) is 3.19. The molecule has 31 heavy (non-hydrogen) atoms. The molecule has 2 aliphatic rings. The number of amides is 1. The summed E-state index contributed by atoms with van der Waals surface area (Å²) in [6.45, 7) is 9.21. The topological polar surface area (TPSA) is 81.9 Å². The van der Waals surface area contributed by atoms with Gasteiger partial charge in [-0.1, -0.05) is 25.9 Å². The lowest BCUT2D eigenvalue weighted by Gasteiger charge is -2.39. The summed E-state index contributed by atoms with van der Waals surface area (Å²) < 4.78 is 16.5. The SMILES string of the molecule is COc1cc(C(C)=O)ccc1OCc1cc(C(=O)N2C[C@]3(C)C[C@H]2CC(C)(C)C3)no1. The number of ether oxygens (including phenoxy) is 2. The molecule has 2 bridgehead atoms. The van der Waals surface area contributed by atoms with Crippen molar-refractivity contribution in [2.24, 2.45) is 10.8 Å². The second-order valence-corrected chi connectivity index (χ2v) is 10.0. The van der Waals surface area contributed by atoms with E-state index in [0.717, 1.165) is 25.8 Å². The molecule has 7 nitrogen and oxygen atoms in total. The smallest absolute Gasteiger partial charge is 0.276 e. The Morgan fingerprint density at radius 1 is 1.19 bits per heavy atom. The first kappa shape index (κ1) is 21.4. The second-order valence-electron chi connectivity index (χ2n) is 10.0. The van der Waals surface area contributed by atoms with Gasteiger partial charge in [-0.3, -0.25) is 9.59 Å². The minimum atomic E-state index is -0.0789. The number of carbonyl (C=O) groups is 2. The molecule has 1 aliphatic carbocycles. The maximum absolute atomic E-state index is 13.1. The average Bonchev–Trinajstić information content (AvgIpc) is 3.26. The monoisotopic (exact) mass is 426 g/mol. The van der Waals surface area contributed by atoms with E-state index < -0.39 is 0 Å². The molecule has 1 saturated carbocycles. The van der Waals surface area contributed by atoms with E-state index in [9.17, 15) is 9.59 Å². The van der Waals surface area contributed by atoms with E-state index in [-0.39, 0.29) is 35.2 Å². The second kappa shape index (κ2) is 7.70. The first-order valence-electron chi connectivity index (χ1n) is 10.7. The van der Waals surface area contributed by atoms with Crippen molar-refractivity contribution in [1.82, 2.24) is 10.1 Å². The Kier molecular flexibility index (Phi) is 5.31. The third kappa shape index (κ3) is 4.31. The van der Waals surface area contributed by atoms with Crippen molar-refractivity contribution in [3.05, 3.63) is 41.3 Å². The van der Waals surface area contributed by atoms with Crippen LogP contribution in [-0.4, -0.2) is 41.4 Å². The molecule has 4 rings (SSSR count). The van der Waals surface area contributed by atoms with Gasteiger partial charge < -0.3 is 18.9 Å². The molecule has 0 spiro atoms. The van der Waals surface area contributed by atoms with E-state index in [0.29, 0.717) is 28.5 Å². The summed E-state index contributed by atoms with van der Waals surface area (Å²) in [5, 5.41) is 4.00. The molecule has 1 saturated heterocycles. The van der Waals surface area contributed by atoms with Crippen LogP contribution in [0.15, 0.2) is 28.8 Å². The summed E-state index contributed by atoms with van der Waals surface area (Å²) in [6, 6.07) is 6.91. The van der Waals surface area contributed by atoms with Gasteiger partial charge in [0.1, 0.15) is 6.61 Å². The average molecular weight is 427 g/mol. The molecule has 2 fully saturated rings. The van der Waals surface area contributed by atoms with E-state index in [2.05, 4.69) is 25.9 Å². The Hall–Kier alpha value is -2.83. The third-order valence-electron chi connectivity index (χ3n) is 6.39. The van der Waals surface area contributed by atoms with E-state index in [1.165, 1.54) is 14.0 Å². The number of hydrogen-bond acceptors (Lipinski definition) is 6. The Morgan fingerprint density at radius 2 is 1.97 bits per heavy atom. The van der Waals surface area contributed by atoms with E-state index >= 15 is 0 Å². The quantitative estimate of drug-likeness (QED) is 0.633. The fourth-order valence-corrected chi connectivity index (χ4v) is 5.48. The first-order valence-corrected chi connectivity index (χ1v) is 10.7. The van der Waals surface area contributed by atoms with Gasteiger partial charge in [0.25, 0.3) is 5.91 Å². The van der Waals surface area contributed by atoms with Crippen molar-refractivity contribution in [2.45, 2.75) is 59.6 Å². The number of carbonyl (C=O) groups excluding carboxylic acids is 2. The predicted octanol–water partition coefficient (Wildman–Crippen LogP) is 4.51. The summed E-state index contributed by atoms with van der Waals surface area (Å²) in [7, 11) is 1.52. The summed E-state index contributed by atoms with van der Waals surface area (Å²) >= 11 is 0.